The van der Waals surface area contributed by atoms with Gasteiger partial charge in [0.15, 0.2) is 0 Å². The van der Waals surface area contributed by atoms with Crippen LogP contribution in [0.1, 0.15) is 50.1 Å². The fraction of sp³-hybridized carbons (Fsp3) is 0.222. The van der Waals surface area contributed by atoms with E-state index < -0.39 is 0 Å². The molecular formula is C36H38Cl2N2Ru. The van der Waals surface area contributed by atoms with Crippen molar-refractivity contribution in [2.45, 2.75) is 41.5 Å². The maximum atomic E-state index is 2.64. The first-order chi connectivity index (χ1) is 18.8. The Morgan fingerprint density at radius 1 is 0.561 bits per heavy atom. The zero-order valence-electron chi connectivity index (χ0n) is 24.6. The van der Waals surface area contributed by atoms with Gasteiger partial charge in [-0.25, -0.2) is 0 Å². The molecule has 0 spiro atoms. The summed E-state index contributed by atoms with van der Waals surface area (Å²) in [5, 5.41) is 0. The van der Waals surface area contributed by atoms with Crippen molar-refractivity contribution in [3.05, 3.63) is 135 Å². The van der Waals surface area contributed by atoms with Crippen LogP contribution in [0, 0.1) is 41.5 Å². The van der Waals surface area contributed by atoms with Crippen molar-refractivity contribution in [3.8, 4) is 0 Å². The molecule has 1 aliphatic heterocycles. The van der Waals surface area contributed by atoms with Gasteiger partial charge in [0.1, 0.15) is 0 Å². The molecule has 0 radical (unpaired) electrons. The second-order valence-corrected chi connectivity index (χ2v) is 13.1. The second kappa shape index (κ2) is 12.6. The molecule has 2 nitrogen and oxygen atoms in total. The molecule has 0 aromatic heterocycles. The van der Waals surface area contributed by atoms with Crippen LogP contribution in [0.5, 0.6) is 0 Å². The summed E-state index contributed by atoms with van der Waals surface area (Å²) < 4.78 is 2.94. The number of hydrogen-bond acceptors (Lipinski definition) is 2. The van der Waals surface area contributed by atoms with Crippen molar-refractivity contribution in [1.82, 2.24) is 0 Å². The summed E-state index contributed by atoms with van der Waals surface area (Å²) >= 11 is -0.233. The van der Waals surface area contributed by atoms with E-state index in [9.17, 15) is 0 Å². The van der Waals surface area contributed by atoms with Gasteiger partial charge in [-0.2, -0.15) is 0 Å². The quantitative estimate of drug-likeness (QED) is 0.202. The summed E-state index contributed by atoms with van der Waals surface area (Å²) in [5.41, 5.74) is 16.3. The molecule has 1 aliphatic carbocycles. The number of nitrogens with zero attached hydrogens (tertiary/aromatic N) is 2. The first-order valence-electron chi connectivity index (χ1n) is 13.8. The van der Waals surface area contributed by atoms with Crippen LogP contribution < -0.4 is 9.80 Å². The summed E-state index contributed by atoms with van der Waals surface area (Å²) in [6.45, 7) is 15.5. The van der Waals surface area contributed by atoms with Crippen LogP contribution in [0.15, 0.2) is 84.9 Å². The number of hydrogen-bond donors (Lipinski definition) is 0. The molecule has 0 bridgehead atoms. The van der Waals surface area contributed by atoms with Gasteiger partial charge >= 0.3 is 241 Å². The van der Waals surface area contributed by atoms with E-state index in [2.05, 4.69) is 136 Å². The second-order valence-electron chi connectivity index (χ2n) is 10.9. The molecule has 6 rings (SSSR count). The Labute approximate surface area is 264 Å². The summed E-state index contributed by atoms with van der Waals surface area (Å²) in [5.74, 6) is 0. The van der Waals surface area contributed by atoms with Crippen LogP contribution in [0.25, 0.3) is 5.57 Å². The van der Waals surface area contributed by atoms with E-state index in [1.807, 2.05) is 0 Å². The average Bonchev–Trinajstić information content (AvgIpc) is 3.46. The molecule has 4 aromatic carbocycles. The molecular weight excluding hydrogens is 632 g/mol. The van der Waals surface area contributed by atoms with Gasteiger partial charge in [0, 0.05) is 0 Å². The topological polar surface area (TPSA) is 6.48 Å². The van der Waals surface area contributed by atoms with Crippen molar-refractivity contribution in [2.24, 2.45) is 0 Å². The maximum absolute atomic E-state index is 2.64. The van der Waals surface area contributed by atoms with Gasteiger partial charge in [0.25, 0.3) is 0 Å². The molecule has 41 heavy (non-hydrogen) atoms. The third-order valence-electron chi connectivity index (χ3n) is 7.78. The number of benzene rings is 4. The molecule has 214 valence electrons. The van der Waals surface area contributed by atoms with Crippen LogP contribution >= 0.6 is 24.8 Å². The summed E-state index contributed by atoms with van der Waals surface area (Å²) in [4.78, 5) is 5.29. The van der Waals surface area contributed by atoms with Crippen LogP contribution in [-0.4, -0.2) is 21.6 Å². The first-order valence-corrected chi connectivity index (χ1v) is 15.5. The molecule has 0 saturated carbocycles. The van der Waals surface area contributed by atoms with Crippen LogP contribution in [0.4, 0.5) is 11.4 Å². The Morgan fingerprint density at radius 2 is 1.00 bits per heavy atom. The molecule has 1 saturated heterocycles. The van der Waals surface area contributed by atoms with E-state index in [0.717, 1.165) is 13.1 Å². The van der Waals surface area contributed by atoms with Crippen molar-refractivity contribution in [3.63, 3.8) is 0 Å². The zero-order chi connectivity index (χ0) is 27.3. The van der Waals surface area contributed by atoms with Gasteiger partial charge in [0.05, 0.1) is 0 Å². The van der Waals surface area contributed by atoms with Crippen molar-refractivity contribution >= 4 is 50.2 Å². The normalized spacial score (nSPS) is 14.0. The predicted octanol–water partition coefficient (Wildman–Crippen LogP) is 8.54. The zero-order valence-corrected chi connectivity index (χ0v) is 27.9. The van der Waals surface area contributed by atoms with Crippen molar-refractivity contribution in [1.29, 1.82) is 0 Å². The molecule has 0 atom stereocenters. The standard InChI is InChI=1S/C21H26N2.C15H10.2ClH.Ru/c1-14-9-16(3)20(17(4)10-14)22-7-8-23(13-22)21-18(5)11-15(2)12-19(21)6;1-2-6-12(7-3-1)15-11-10-13-8-4-5-9-14(13)15;;;/h9-12H,7-8H2,1-6H3;1-9,11H;2*1H;. The Hall–Kier alpha value is -2.84. The average molecular weight is 671 g/mol. The SMILES string of the molecule is Cc1cc(C)c(N2CCN(c3c(C)cc(C)cc3C)[C]2=[Ru]=[C]2C=C(c3ccccc3)c3ccccc32)c(C)c1.Cl.Cl. The number of aryl methyl sites for hydroxylation is 6. The third-order valence-corrected chi connectivity index (χ3v) is 10.3. The molecule has 0 unspecified atom stereocenters. The minimum Gasteiger partial charge on any atom is -0.147 e. The molecule has 1 heterocycles. The molecule has 1 fully saturated rings. The van der Waals surface area contributed by atoms with Crippen LogP contribution in [0.2, 0.25) is 0 Å². The number of halogens is 2. The van der Waals surface area contributed by atoms with E-state index in [1.165, 1.54) is 75.5 Å². The molecule has 0 N–H and O–H groups in total. The van der Waals surface area contributed by atoms with Gasteiger partial charge in [0.2, 0.25) is 0 Å². The fourth-order valence-corrected chi connectivity index (χ4v) is 9.09. The Bertz CT molecular complexity index is 1600. The number of fused-ring (bicyclic) bond motifs is 1. The van der Waals surface area contributed by atoms with Crippen molar-refractivity contribution < 1.29 is 16.2 Å². The van der Waals surface area contributed by atoms with Gasteiger partial charge in [-0.3, -0.25) is 0 Å². The van der Waals surface area contributed by atoms with Crippen LogP contribution in [0.3, 0.4) is 0 Å². The minimum atomic E-state index is -0.233. The Kier molecular flexibility index (Phi) is 9.54. The van der Waals surface area contributed by atoms with Gasteiger partial charge in [-0.05, 0) is 0 Å². The minimum absolute atomic E-state index is 0. The largest absolute Gasteiger partial charge is 0.147 e. The maximum Gasteiger partial charge on any atom is -0.147 e. The fourth-order valence-electron chi connectivity index (χ4n) is 6.43. The van der Waals surface area contributed by atoms with Gasteiger partial charge < -0.3 is 0 Å². The van der Waals surface area contributed by atoms with Crippen molar-refractivity contribution in [2.75, 3.05) is 22.9 Å². The monoisotopic (exact) mass is 670 g/mol. The first kappa shape index (κ1) is 31.1. The molecule has 4 aromatic rings. The van der Waals surface area contributed by atoms with Gasteiger partial charge in [-0.15, -0.1) is 24.8 Å². The van der Waals surface area contributed by atoms with E-state index in [0.29, 0.717) is 0 Å². The predicted molar refractivity (Wildman–Crippen MR) is 180 cm³/mol. The summed E-state index contributed by atoms with van der Waals surface area (Å²) in [6, 6.07) is 29.2. The summed E-state index contributed by atoms with van der Waals surface area (Å²) in [7, 11) is 0. The summed E-state index contributed by atoms with van der Waals surface area (Å²) in [6.07, 6.45) is 2.48. The molecule has 2 aliphatic rings. The van der Waals surface area contributed by atoms with Crippen LogP contribution in [-0.2, 0) is 16.2 Å². The van der Waals surface area contributed by atoms with E-state index in [1.54, 1.807) is 0 Å². The van der Waals surface area contributed by atoms with E-state index in [4.69, 9.17) is 0 Å². The third kappa shape index (κ3) is 5.78. The number of rotatable bonds is 3. The Morgan fingerprint density at radius 3 is 1.49 bits per heavy atom. The van der Waals surface area contributed by atoms with E-state index >= 15 is 0 Å². The Balaban J connectivity index is 0.00000194. The van der Waals surface area contributed by atoms with Gasteiger partial charge in [-0.1, -0.05) is 0 Å². The number of allylic oxidation sites excluding steroid dienone is 1. The smallest absolute Gasteiger partial charge is 0.147 e. The van der Waals surface area contributed by atoms with E-state index in [-0.39, 0.29) is 41.0 Å². The number of anilines is 2. The molecule has 5 heteroatoms. The molecule has 0 amide bonds.